The van der Waals surface area contributed by atoms with Gasteiger partial charge in [0.1, 0.15) is 5.75 Å². The quantitative estimate of drug-likeness (QED) is 0.709. The van der Waals surface area contributed by atoms with Gasteiger partial charge >= 0.3 is 0 Å². The van der Waals surface area contributed by atoms with Crippen molar-refractivity contribution in [1.82, 2.24) is 0 Å². The van der Waals surface area contributed by atoms with E-state index >= 15 is 0 Å². The summed E-state index contributed by atoms with van der Waals surface area (Å²) in [5, 5.41) is 0. The Kier molecular flexibility index (Phi) is 3.07. The minimum atomic E-state index is 0.741. The summed E-state index contributed by atoms with van der Waals surface area (Å²) in [5.74, 6) is 1.84. The Hall–Kier alpha value is -0.980. The van der Waals surface area contributed by atoms with E-state index in [9.17, 15) is 0 Å². The van der Waals surface area contributed by atoms with Gasteiger partial charge in [-0.15, -0.1) is 0 Å². The van der Waals surface area contributed by atoms with Crippen molar-refractivity contribution in [3.8, 4) is 5.75 Å². The van der Waals surface area contributed by atoms with Crippen LogP contribution in [0, 0.1) is 5.92 Å². The fourth-order valence-corrected chi connectivity index (χ4v) is 2.07. The van der Waals surface area contributed by atoms with E-state index in [2.05, 4.69) is 25.1 Å². The fraction of sp³-hybridized carbons (Fsp3) is 0.538. The van der Waals surface area contributed by atoms with Crippen LogP contribution in [-0.2, 0) is 6.42 Å². The second kappa shape index (κ2) is 4.50. The van der Waals surface area contributed by atoms with E-state index in [1.165, 1.54) is 31.2 Å². The highest BCUT2D eigenvalue weighted by atomic mass is 16.5. The summed E-state index contributed by atoms with van der Waals surface area (Å²) in [5.41, 5.74) is 1.39. The predicted molar refractivity (Wildman–Crippen MR) is 58.7 cm³/mol. The molecule has 1 aromatic carbocycles. The first-order valence-corrected chi connectivity index (χ1v) is 5.61. The van der Waals surface area contributed by atoms with E-state index in [-0.39, 0.29) is 0 Å². The van der Waals surface area contributed by atoms with E-state index in [4.69, 9.17) is 4.74 Å². The topological polar surface area (TPSA) is 9.23 Å². The molecule has 76 valence electrons. The third kappa shape index (κ3) is 2.09. The monoisotopic (exact) mass is 190 g/mol. The van der Waals surface area contributed by atoms with Gasteiger partial charge in [0, 0.05) is 0 Å². The van der Waals surface area contributed by atoms with E-state index < -0.39 is 0 Å². The first-order chi connectivity index (χ1) is 6.90. The highest BCUT2D eigenvalue weighted by Crippen LogP contribution is 2.28. The molecule has 1 aliphatic heterocycles. The Morgan fingerprint density at radius 3 is 3.07 bits per heavy atom. The summed E-state index contributed by atoms with van der Waals surface area (Å²) >= 11 is 0. The minimum Gasteiger partial charge on any atom is -0.493 e. The third-order valence-corrected chi connectivity index (χ3v) is 2.92. The molecule has 0 saturated heterocycles. The van der Waals surface area contributed by atoms with Crippen LogP contribution in [0.5, 0.6) is 5.75 Å². The molecule has 1 nitrogen and oxygen atoms in total. The first-order valence-electron chi connectivity index (χ1n) is 5.61. The van der Waals surface area contributed by atoms with Crippen molar-refractivity contribution in [2.24, 2.45) is 5.92 Å². The molecule has 2 rings (SSSR count). The third-order valence-electron chi connectivity index (χ3n) is 2.92. The van der Waals surface area contributed by atoms with Gasteiger partial charge in [0.15, 0.2) is 0 Å². The molecule has 0 amide bonds. The van der Waals surface area contributed by atoms with Crippen LogP contribution in [0.1, 0.15) is 31.7 Å². The van der Waals surface area contributed by atoms with Crippen LogP contribution in [0.4, 0.5) is 0 Å². The zero-order chi connectivity index (χ0) is 9.80. The lowest BCUT2D eigenvalue weighted by atomic mass is 9.92. The number of para-hydroxylation sites is 1. The molecule has 14 heavy (non-hydrogen) atoms. The van der Waals surface area contributed by atoms with Gasteiger partial charge in [-0.25, -0.2) is 0 Å². The Bertz CT molecular complexity index is 293. The van der Waals surface area contributed by atoms with Crippen molar-refractivity contribution in [2.75, 3.05) is 6.61 Å². The molecule has 0 saturated carbocycles. The van der Waals surface area contributed by atoms with Gasteiger partial charge in [-0.05, 0) is 30.4 Å². The van der Waals surface area contributed by atoms with Crippen LogP contribution in [0.3, 0.4) is 0 Å². The largest absolute Gasteiger partial charge is 0.493 e. The second-order valence-corrected chi connectivity index (χ2v) is 4.13. The van der Waals surface area contributed by atoms with Gasteiger partial charge in [0.2, 0.25) is 0 Å². The van der Waals surface area contributed by atoms with Crippen molar-refractivity contribution < 1.29 is 4.74 Å². The van der Waals surface area contributed by atoms with Crippen LogP contribution >= 0.6 is 0 Å². The summed E-state index contributed by atoms with van der Waals surface area (Å²) in [4.78, 5) is 0. The molecule has 0 aromatic heterocycles. The van der Waals surface area contributed by atoms with E-state index in [0.29, 0.717) is 0 Å². The second-order valence-electron chi connectivity index (χ2n) is 4.13. The number of hydrogen-bond donors (Lipinski definition) is 0. The zero-order valence-electron chi connectivity index (χ0n) is 8.83. The van der Waals surface area contributed by atoms with Crippen molar-refractivity contribution in [3.63, 3.8) is 0 Å². The van der Waals surface area contributed by atoms with Crippen molar-refractivity contribution in [3.05, 3.63) is 29.8 Å². The number of hydrogen-bond acceptors (Lipinski definition) is 1. The molecule has 1 heterocycles. The van der Waals surface area contributed by atoms with Crippen molar-refractivity contribution >= 4 is 0 Å². The Labute approximate surface area is 86.1 Å². The fourth-order valence-electron chi connectivity index (χ4n) is 2.07. The maximum atomic E-state index is 5.73. The molecule has 1 unspecified atom stereocenters. The summed E-state index contributed by atoms with van der Waals surface area (Å²) in [6, 6.07) is 8.41. The van der Waals surface area contributed by atoms with Gasteiger partial charge in [0.05, 0.1) is 6.61 Å². The van der Waals surface area contributed by atoms with Gasteiger partial charge in [-0.2, -0.15) is 0 Å². The standard InChI is InChI=1S/C13H18O/c1-2-3-6-11-9-12-7-4-5-8-13(12)14-10-11/h4-5,7-8,11H,2-3,6,9-10H2,1H3. The molecule has 0 spiro atoms. The average molecular weight is 190 g/mol. The summed E-state index contributed by atoms with van der Waals surface area (Å²) < 4.78 is 5.73. The van der Waals surface area contributed by atoms with E-state index in [1.807, 2.05) is 6.07 Å². The first kappa shape index (κ1) is 9.57. The number of unbranched alkanes of at least 4 members (excludes halogenated alkanes) is 1. The van der Waals surface area contributed by atoms with Crippen LogP contribution in [0.15, 0.2) is 24.3 Å². The molecular formula is C13H18O. The van der Waals surface area contributed by atoms with Crippen LogP contribution in [-0.4, -0.2) is 6.61 Å². The van der Waals surface area contributed by atoms with Gasteiger partial charge < -0.3 is 4.74 Å². The lowest BCUT2D eigenvalue weighted by Gasteiger charge is -2.25. The average Bonchev–Trinajstić information content (AvgIpc) is 2.26. The maximum Gasteiger partial charge on any atom is 0.122 e. The molecule has 0 radical (unpaired) electrons. The maximum absolute atomic E-state index is 5.73. The molecule has 0 bridgehead atoms. The SMILES string of the molecule is CCCCC1COc2ccccc2C1. The summed E-state index contributed by atoms with van der Waals surface area (Å²) in [7, 11) is 0. The number of fused-ring (bicyclic) bond motifs is 1. The Morgan fingerprint density at radius 2 is 2.21 bits per heavy atom. The van der Waals surface area contributed by atoms with Crippen LogP contribution < -0.4 is 4.74 Å². The highest BCUT2D eigenvalue weighted by molar-refractivity contribution is 5.34. The minimum absolute atomic E-state index is 0.741. The lowest BCUT2D eigenvalue weighted by molar-refractivity contribution is 0.211. The van der Waals surface area contributed by atoms with Gasteiger partial charge in [-0.1, -0.05) is 38.0 Å². The molecular weight excluding hydrogens is 172 g/mol. The molecule has 1 heteroatoms. The molecule has 0 aliphatic carbocycles. The van der Waals surface area contributed by atoms with Crippen LogP contribution in [0.25, 0.3) is 0 Å². The molecule has 0 N–H and O–H groups in total. The van der Waals surface area contributed by atoms with E-state index in [1.54, 1.807) is 0 Å². The van der Waals surface area contributed by atoms with E-state index in [0.717, 1.165) is 18.3 Å². The Balaban J connectivity index is 1.99. The molecule has 1 aromatic rings. The number of rotatable bonds is 3. The molecule has 1 atom stereocenters. The number of benzene rings is 1. The van der Waals surface area contributed by atoms with Crippen molar-refractivity contribution in [2.45, 2.75) is 32.6 Å². The smallest absolute Gasteiger partial charge is 0.122 e. The number of ether oxygens (including phenoxy) is 1. The van der Waals surface area contributed by atoms with Crippen molar-refractivity contribution in [1.29, 1.82) is 0 Å². The normalized spacial score (nSPS) is 19.9. The molecule has 1 aliphatic rings. The predicted octanol–water partition coefficient (Wildman–Crippen LogP) is 3.43. The summed E-state index contributed by atoms with van der Waals surface area (Å²) in [6.45, 7) is 3.16. The van der Waals surface area contributed by atoms with Crippen LogP contribution in [0.2, 0.25) is 0 Å². The zero-order valence-corrected chi connectivity index (χ0v) is 8.83. The molecule has 0 fully saturated rings. The van der Waals surface area contributed by atoms with Gasteiger partial charge in [0.25, 0.3) is 0 Å². The van der Waals surface area contributed by atoms with Gasteiger partial charge in [-0.3, -0.25) is 0 Å². The Morgan fingerprint density at radius 1 is 1.36 bits per heavy atom. The lowest BCUT2D eigenvalue weighted by Crippen LogP contribution is -2.20. The summed E-state index contributed by atoms with van der Waals surface area (Å²) in [6.07, 6.45) is 5.13. The highest BCUT2D eigenvalue weighted by Gasteiger charge is 2.18.